The monoisotopic (exact) mass is 597 g/mol. The Kier molecular flexibility index (Phi) is 7.10. The number of anilines is 1. The van der Waals surface area contributed by atoms with Gasteiger partial charge in [0.15, 0.2) is 12.1 Å². The van der Waals surface area contributed by atoms with E-state index in [1.165, 1.54) is 0 Å². The summed E-state index contributed by atoms with van der Waals surface area (Å²) in [6.45, 7) is 7.91. The summed E-state index contributed by atoms with van der Waals surface area (Å²) in [5.74, 6) is 1.09. The Bertz CT molecular complexity index is 1610. The lowest BCUT2D eigenvalue weighted by molar-refractivity contribution is 0.112. The van der Waals surface area contributed by atoms with E-state index in [1.54, 1.807) is 36.5 Å². The van der Waals surface area contributed by atoms with Crippen LogP contribution >= 0.6 is 35.1 Å². The number of carbonyl (C=O) groups excluding carboxylic acids is 1. The minimum Gasteiger partial charge on any atom is -0.355 e. The Morgan fingerprint density at radius 2 is 1.90 bits per heavy atom. The molecule has 2 aromatic carbocycles. The van der Waals surface area contributed by atoms with E-state index in [9.17, 15) is 4.79 Å². The van der Waals surface area contributed by atoms with E-state index >= 15 is 4.39 Å². The molecular formula is C30H30Cl2FN5OS. The molecule has 6 rings (SSSR count). The second kappa shape index (κ2) is 10.3. The Morgan fingerprint density at radius 3 is 2.62 bits per heavy atom. The van der Waals surface area contributed by atoms with Crippen molar-refractivity contribution in [3.63, 3.8) is 0 Å². The maximum atomic E-state index is 15.2. The number of nitrogens with zero attached hydrogens (tertiary/aromatic N) is 4. The number of rotatable bonds is 5. The largest absolute Gasteiger partial charge is 0.355 e. The van der Waals surface area contributed by atoms with Gasteiger partial charge in [-0.25, -0.2) is 14.4 Å². The molecule has 1 atom stereocenters. The molecule has 1 aliphatic carbocycles. The highest BCUT2D eigenvalue weighted by molar-refractivity contribution is 7.98. The summed E-state index contributed by atoms with van der Waals surface area (Å²) in [4.78, 5) is 23.7. The number of benzene rings is 2. The summed E-state index contributed by atoms with van der Waals surface area (Å²) in [7, 11) is 0. The van der Waals surface area contributed by atoms with Gasteiger partial charge in [-0.05, 0) is 69.2 Å². The predicted molar refractivity (Wildman–Crippen MR) is 161 cm³/mol. The van der Waals surface area contributed by atoms with E-state index in [2.05, 4.69) is 41.4 Å². The first kappa shape index (κ1) is 27.5. The fourth-order valence-electron chi connectivity index (χ4n) is 6.13. The van der Waals surface area contributed by atoms with Crippen molar-refractivity contribution in [1.82, 2.24) is 19.1 Å². The van der Waals surface area contributed by atoms with Gasteiger partial charge in [-0.1, -0.05) is 53.3 Å². The Hall–Kier alpha value is -2.65. The minimum atomic E-state index is -0.141. The van der Waals surface area contributed by atoms with Crippen LogP contribution < -0.4 is 9.62 Å². The zero-order chi connectivity index (χ0) is 28.2. The molecule has 6 nitrogen and oxygen atoms in total. The minimum absolute atomic E-state index is 0.00765. The number of carbonyl (C=O) groups is 1. The second-order valence-corrected chi connectivity index (χ2v) is 14.1. The van der Waals surface area contributed by atoms with Crippen LogP contribution in [-0.4, -0.2) is 38.5 Å². The molecule has 1 N–H and O–H groups in total. The quantitative estimate of drug-likeness (QED) is 0.189. The van der Waals surface area contributed by atoms with Gasteiger partial charge in [-0.2, -0.15) is 0 Å². The van der Waals surface area contributed by atoms with Gasteiger partial charge < -0.3 is 4.90 Å². The van der Waals surface area contributed by atoms with Crippen LogP contribution in [0.4, 0.5) is 10.2 Å². The van der Waals surface area contributed by atoms with E-state index in [0.717, 1.165) is 49.8 Å². The molecule has 1 unspecified atom stereocenters. The number of halogens is 3. The van der Waals surface area contributed by atoms with Crippen molar-refractivity contribution in [3.8, 4) is 11.4 Å². The molecule has 3 heterocycles. The molecule has 1 fully saturated rings. The summed E-state index contributed by atoms with van der Waals surface area (Å²) in [6, 6.07) is 10.7. The highest BCUT2D eigenvalue weighted by Crippen LogP contribution is 2.54. The molecule has 0 bridgehead atoms. The molecule has 4 aromatic rings. The molecule has 2 aliphatic rings. The van der Waals surface area contributed by atoms with Crippen LogP contribution in [0.15, 0.2) is 48.8 Å². The molecule has 0 amide bonds. The van der Waals surface area contributed by atoms with E-state index in [-0.39, 0.29) is 22.0 Å². The first-order valence-electron chi connectivity index (χ1n) is 13.3. The smallest absolute Gasteiger partial charge is 0.170 e. The third-order valence-corrected chi connectivity index (χ3v) is 9.78. The van der Waals surface area contributed by atoms with E-state index < -0.39 is 0 Å². The zero-order valence-corrected chi connectivity index (χ0v) is 24.9. The number of aldehydes is 1. The molecule has 1 aliphatic heterocycles. The van der Waals surface area contributed by atoms with Crippen molar-refractivity contribution >= 4 is 52.8 Å². The summed E-state index contributed by atoms with van der Waals surface area (Å²) < 4.78 is 20.7. The first-order chi connectivity index (χ1) is 19.1. The van der Waals surface area contributed by atoms with Gasteiger partial charge in [-0.15, -0.1) is 0 Å². The maximum absolute atomic E-state index is 15.2. The van der Waals surface area contributed by atoms with Crippen LogP contribution in [0.2, 0.25) is 10.0 Å². The normalized spacial score (nSPS) is 18.4. The van der Waals surface area contributed by atoms with Crippen molar-refractivity contribution in [2.24, 2.45) is 5.41 Å². The maximum Gasteiger partial charge on any atom is 0.170 e. The average Bonchev–Trinajstić information content (AvgIpc) is 3.45. The highest BCUT2D eigenvalue weighted by Gasteiger charge is 2.49. The van der Waals surface area contributed by atoms with Gasteiger partial charge in [0.25, 0.3) is 0 Å². The standard InChI is InChI=1S/C30H30Cl2FN5OS/c1-29(2,3)40-36-26-23-18(6-4-9-21(23)33)16-30(26)10-13-37(14-11-30)28-25-22(17-39)35-27(38(25)15-12-34-28)19-7-5-8-20(31)24(19)32/h4-9,12,15,17,26,36H,10-11,13-14,16H2,1-3H3. The Morgan fingerprint density at radius 1 is 1.15 bits per heavy atom. The van der Waals surface area contributed by atoms with Crippen LogP contribution in [-0.2, 0) is 6.42 Å². The van der Waals surface area contributed by atoms with Gasteiger partial charge in [-0.3, -0.25) is 13.9 Å². The van der Waals surface area contributed by atoms with Crippen LogP contribution in [0.3, 0.4) is 0 Å². The van der Waals surface area contributed by atoms with Gasteiger partial charge >= 0.3 is 0 Å². The molecule has 1 saturated heterocycles. The fraction of sp³-hybridized carbons (Fsp3) is 0.367. The van der Waals surface area contributed by atoms with E-state index in [4.69, 9.17) is 28.2 Å². The lowest BCUT2D eigenvalue weighted by Crippen LogP contribution is -2.45. The van der Waals surface area contributed by atoms with Crippen molar-refractivity contribution < 1.29 is 9.18 Å². The summed E-state index contributed by atoms with van der Waals surface area (Å²) in [6.07, 6.45) is 6.80. The third-order valence-electron chi connectivity index (χ3n) is 8.00. The lowest BCUT2D eigenvalue weighted by Gasteiger charge is -2.44. The number of fused-ring (bicyclic) bond motifs is 2. The molecular weight excluding hydrogens is 568 g/mol. The van der Waals surface area contributed by atoms with Gasteiger partial charge in [0.1, 0.15) is 22.9 Å². The molecule has 2 aromatic heterocycles. The van der Waals surface area contributed by atoms with Crippen LogP contribution in [0.1, 0.15) is 61.3 Å². The first-order valence-corrected chi connectivity index (χ1v) is 14.9. The topological polar surface area (TPSA) is 62.5 Å². The zero-order valence-electron chi connectivity index (χ0n) is 22.5. The van der Waals surface area contributed by atoms with Crippen LogP contribution in [0.25, 0.3) is 16.9 Å². The molecule has 1 spiro atoms. The van der Waals surface area contributed by atoms with Crippen molar-refractivity contribution in [3.05, 3.63) is 81.5 Å². The van der Waals surface area contributed by atoms with E-state index in [1.807, 2.05) is 22.6 Å². The van der Waals surface area contributed by atoms with Gasteiger partial charge in [0.05, 0.1) is 16.1 Å². The summed E-state index contributed by atoms with van der Waals surface area (Å²) in [5, 5.41) is 0.799. The van der Waals surface area contributed by atoms with Crippen molar-refractivity contribution in [2.45, 2.75) is 50.8 Å². The third kappa shape index (κ3) is 4.69. The SMILES string of the molecule is CC(C)(C)SNC1c2c(F)cccc2CC12CCN(c1nccn3c(-c4cccc(Cl)c4Cl)nc(C=O)c13)CC2. The number of hydrogen-bond acceptors (Lipinski definition) is 6. The van der Waals surface area contributed by atoms with Crippen LogP contribution in [0.5, 0.6) is 0 Å². The number of hydrogen-bond donors (Lipinski definition) is 1. The second-order valence-electron chi connectivity index (χ2n) is 11.6. The Labute approximate surface area is 247 Å². The molecule has 208 valence electrons. The molecule has 0 saturated carbocycles. The predicted octanol–water partition coefficient (Wildman–Crippen LogP) is 7.58. The Balaban J connectivity index is 1.34. The average molecular weight is 599 g/mol. The van der Waals surface area contributed by atoms with Crippen LogP contribution in [0, 0.1) is 11.2 Å². The van der Waals surface area contributed by atoms with Gasteiger partial charge in [0, 0.05) is 41.4 Å². The highest BCUT2D eigenvalue weighted by atomic mass is 35.5. The molecule has 10 heteroatoms. The van der Waals surface area contributed by atoms with Crippen molar-refractivity contribution in [1.29, 1.82) is 0 Å². The van der Waals surface area contributed by atoms with Gasteiger partial charge in [0.2, 0.25) is 0 Å². The molecule has 0 radical (unpaired) electrons. The number of piperidine rings is 1. The number of nitrogens with one attached hydrogen (secondary N) is 1. The number of imidazole rings is 1. The van der Waals surface area contributed by atoms with E-state index in [0.29, 0.717) is 38.5 Å². The summed E-state index contributed by atoms with van der Waals surface area (Å²) >= 11 is 14.5. The summed E-state index contributed by atoms with van der Waals surface area (Å²) in [5.41, 5.74) is 3.35. The molecule has 40 heavy (non-hydrogen) atoms. The fourth-order valence-corrected chi connectivity index (χ4v) is 7.35. The van der Waals surface area contributed by atoms with Crippen molar-refractivity contribution in [2.75, 3.05) is 18.0 Å². The number of aromatic nitrogens is 3. The lowest BCUT2D eigenvalue weighted by atomic mass is 9.73.